The average molecular weight is 810 g/mol. The Labute approximate surface area is 300 Å². The second-order valence-corrected chi connectivity index (χ2v) is 14.5. The topological polar surface area (TPSA) is 27.5 Å². The first kappa shape index (κ1) is 30.3. The monoisotopic (exact) mass is 810 g/mol. The molecule has 0 unspecified atom stereocenters. The fraction of sp³-hybridized carbons (Fsp3) is 0.368. The van der Waals surface area contributed by atoms with Gasteiger partial charge in [-0.2, -0.15) is 11.6 Å². The number of para-hydroxylation sites is 1. The van der Waals surface area contributed by atoms with Crippen LogP contribution in [0.2, 0.25) is 0 Å². The Kier molecular flexibility index (Phi) is 8.24. The second-order valence-electron chi connectivity index (χ2n) is 14.0. The van der Waals surface area contributed by atoms with Gasteiger partial charge in [-0.05, 0) is 59.9 Å². The Morgan fingerprint density at radius 3 is 2.28 bits per heavy atom. The standard InChI is InChI=1S/C22H25BN3.C16H21N2S.Ir/c1-15(2)17-10-8-11-18(16(3)4)21(17)23-25(5)20-12-7-6-9-19(20)22-24-13-14-26(22)23;1-15(2)11-7-6-8-12(19)14(11)18-10-17(5)9-13(18)16(15,3)4;/h6-8,10-16H,1-5H3;6-10,19H,1-5H3;/q2*-1;+3/p-1/i;5D3;. The van der Waals surface area contributed by atoms with Gasteiger partial charge in [0.25, 0.3) is 0 Å². The molecular weight excluding hydrogens is 762 g/mol. The van der Waals surface area contributed by atoms with Crippen LogP contribution in [-0.2, 0) is 38.1 Å². The molecule has 0 aliphatic carbocycles. The van der Waals surface area contributed by atoms with Crippen LogP contribution < -0.4 is 15.2 Å². The summed E-state index contributed by atoms with van der Waals surface area (Å²) < 4.78 is 25.3. The summed E-state index contributed by atoms with van der Waals surface area (Å²) in [6.07, 6.45) is 5.74. The molecule has 7 rings (SSSR count). The van der Waals surface area contributed by atoms with E-state index in [9.17, 15) is 0 Å². The summed E-state index contributed by atoms with van der Waals surface area (Å²) in [5, 5.41) is 0. The fourth-order valence-corrected chi connectivity index (χ4v) is 7.44. The van der Waals surface area contributed by atoms with Crippen molar-refractivity contribution in [2.45, 2.75) is 77.5 Å². The van der Waals surface area contributed by atoms with Gasteiger partial charge in [0.05, 0.1) is 0 Å². The van der Waals surface area contributed by atoms with Crippen molar-refractivity contribution in [3.05, 3.63) is 108 Å². The van der Waals surface area contributed by atoms with Gasteiger partial charge in [-0.15, -0.1) is 24.3 Å². The number of benzene rings is 3. The summed E-state index contributed by atoms with van der Waals surface area (Å²) in [4.78, 5) is 11.0. The quantitative estimate of drug-likeness (QED) is 0.119. The van der Waals surface area contributed by atoms with Gasteiger partial charge >= 0.3 is 27.1 Å². The van der Waals surface area contributed by atoms with Gasteiger partial charge in [0.1, 0.15) is 0 Å². The molecule has 46 heavy (non-hydrogen) atoms. The minimum Gasteiger partial charge on any atom is -0.778 e. The number of hydrogen-bond acceptors (Lipinski definition) is 5. The molecule has 1 aromatic heterocycles. The third kappa shape index (κ3) is 5.31. The Hall–Kier alpha value is -3.06. The number of hydrogen-bond donors (Lipinski definition) is 0. The predicted molar refractivity (Wildman–Crippen MR) is 192 cm³/mol. The largest absolute Gasteiger partial charge is 3.00 e. The van der Waals surface area contributed by atoms with Gasteiger partial charge in [-0.25, -0.2) is 0 Å². The number of fused-ring (bicyclic) bond motifs is 6. The van der Waals surface area contributed by atoms with Crippen molar-refractivity contribution < 1.29 is 24.2 Å². The Bertz CT molecular complexity index is 1860. The molecule has 0 saturated carbocycles. The van der Waals surface area contributed by atoms with Crippen LogP contribution in [-0.4, -0.2) is 35.4 Å². The van der Waals surface area contributed by atoms with E-state index in [1.165, 1.54) is 27.2 Å². The van der Waals surface area contributed by atoms with Crippen molar-refractivity contribution in [2.24, 2.45) is 5.41 Å². The Balaban J connectivity index is 0.000000190. The van der Waals surface area contributed by atoms with E-state index in [2.05, 4.69) is 125 Å². The van der Waals surface area contributed by atoms with Crippen LogP contribution in [0.15, 0.2) is 83.8 Å². The molecule has 3 aromatic carbocycles. The fourth-order valence-electron chi connectivity index (χ4n) is 7.15. The van der Waals surface area contributed by atoms with Gasteiger partial charge in [0, 0.05) is 38.9 Å². The molecule has 3 aliphatic rings. The minimum absolute atomic E-state index is 0. The van der Waals surface area contributed by atoms with E-state index in [4.69, 9.17) is 16.7 Å². The zero-order valence-corrected chi connectivity index (χ0v) is 31.4. The molecule has 0 atom stereocenters. The zero-order chi connectivity index (χ0) is 34.9. The number of aromatic nitrogens is 2. The third-order valence-corrected chi connectivity index (χ3v) is 10.6. The molecule has 0 fully saturated rings. The van der Waals surface area contributed by atoms with E-state index < -0.39 is 6.98 Å². The minimum atomic E-state index is -2.19. The molecule has 4 aromatic rings. The number of rotatable bonds is 3. The second kappa shape index (κ2) is 12.5. The molecule has 0 bridgehead atoms. The maximum atomic E-state index is 7.68. The van der Waals surface area contributed by atoms with Crippen molar-refractivity contribution >= 4 is 36.4 Å². The number of anilines is 2. The zero-order valence-electron chi connectivity index (χ0n) is 31.2. The summed E-state index contributed by atoms with van der Waals surface area (Å²) in [7, 11) is 2.18. The van der Waals surface area contributed by atoms with Gasteiger partial charge in [0.2, 0.25) is 0 Å². The first-order valence-electron chi connectivity index (χ1n) is 17.3. The average Bonchev–Trinajstić information content (AvgIpc) is 3.70. The third-order valence-electron chi connectivity index (χ3n) is 10.3. The number of nitrogens with zero attached hydrogens (tertiary/aromatic N) is 5. The van der Waals surface area contributed by atoms with E-state index in [1.54, 1.807) is 12.9 Å². The summed E-state index contributed by atoms with van der Waals surface area (Å²) in [6, 6.07) is 22.3. The van der Waals surface area contributed by atoms with E-state index in [0.29, 0.717) is 11.8 Å². The summed E-state index contributed by atoms with van der Waals surface area (Å²) in [5.74, 6) is 1.93. The molecule has 4 heterocycles. The van der Waals surface area contributed by atoms with Gasteiger partial charge in [-0.1, -0.05) is 103 Å². The molecule has 0 saturated heterocycles. The van der Waals surface area contributed by atoms with Crippen LogP contribution >= 0.6 is 0 Å². The first-order chi connectivity index (χ1) is 22.5. The maximum absolute atomic E-state index is 7.68. The van der Waals surface area contributed by atoms with Crippen molar-refractivity contribution in [1.82, 2.24) is 14.4 Å². The van der Waals surface area contributed by atoms with Gasteiger partial charge in [0.15, 0.2) is 0 Å². The normalized spacial score (nSPS) is 18.2. The van der Waals surface area contributed by atoms with Crippen molar-refractivity contribution in [3.8, 4) is 11.4 Å². The van der Waals surface area contributed by atoms with Crippen LogP contribution in [0.1, 0.15) is 88.0 Å². The summed E-state index contributed by atoms with van der Waals surface area (Å²) in [5.41, 5.74) is 9.18. The van der Waals surface area contributed by atoms with E-state index >= 15 is 0 Å². The predicted octanol–water partition coefficient (Wildman–Crippen LogP) is 7.91. The SMILES string of the molecule is CC(C)c1cccc(C(C)C)c1B1N(C)c2ccc[c-]c2-c2nccn21.[2H]C([2H])([2H])N1C=C2N([CH-]1)c1c([S-])cccc1C(C)(C)C2(C)C.[Ir+3]. The van der Waals surface area contributed by atoms with Crippen LogP contribution in [0.25, 0.3) is 11.4 Å². The first-order valence-corrected chi connectivity index (χ1v) is 16.2. The molecule has 8 heteroatoms. The van der Waals surface area contributed by atoms with Crippen molar-refractivity contribution in [1.29, 1.82) is 0 Å². The Morgan fingerprint density at radius 1 is 0.957 bits per heavy atom. The molecule has 3 aliphatic heterocycles. The van der Waals surface area contributed by atoms with Gasteiger partial charge < -0.3 is 31.7 Å². The van der Waals surface area contributed by atoms with E-state index in [1.807, 2.05) is 29.3 Å². The van der Waals surface area contributed by atoms with Crippen molar-refractivity contribution in [2.75, 3.05) is 23.7 Å². The molecular formula is C38H45BIrN5S. The van der Waals surface area contributed by atoms with E-state index in [-0.39, 0.29) is 37.9 Å². The van der Waals surface area contributed by atoms with Crippen LogP contribution in [0.3, 0.4) is 0 Å². The van der Waals surface area contributed by atoms with Crippen LogP contribution in [0.4, 0.5) is 11.4 Å². The van der Waals surface area contributed by atoms with Crippen LogP contribution in [0.5, 0.6) is 0 Å². The summed E-state index contributed by atoms with van der Waals surface area (Å²) >= 11 is 5.52. The molecule has 5 nitrogen and oxygen atoms in total. The molecule has 0 spiro atoms. The van der Waals surface area contributed by atoms with Crippen molar-refractivity contribution in [3.63, 3.8) is 0 Å². The summed E-state index contributed by atoms with van der Waals surface area (Å²) in [6.45, 7) is 17.4. The Morgan fingerprint density at radius 2 is 1.63 bits per heavy atom. The molecule has 0 amide bonds. The van der Waals surface area contributed by atoms with Gasteiger partial charge in [-0.3, -0.25) is 4.98 Å². The maximum Gasteiger partial charge on any atom is 3.00 e. The van der Waals surface area contributed by atoms with Crippen LogP contribution in [0, 0.1) is 18.2 Å². The number of imidazole rings is 1. The molecule has 0 radical (unpaired) electrons. The smallest absolute Gasteiger partial charge is 0.778 e. The molecule has 240 valence electrons. The number of allylic oxidation sites excluding steroid dienone is 1. The molecule has 0 N–H and O–H groups in total. The van der Waals surface area contributed by atoms with E-state index in [0.717, 1.165) is 33.2 Å².